The van der Waals surface area contributed by atoms with E-state index in [1.54, 1.807) is 17.7 Å². The summed E-state index contributed by atoms with van der Waals surface area (Å²) in [5.41, 5.74) is 2.28. The number of rotatable bonds is 6. The molecule has 1 N–H and O–H groups in total. The van der Waals surface area contributed by atoms with Crippen LogP contribution >= 0.6 is 0 Å². The molecule has 1 fully saturated rings. The van der Waals surface area contributed by atoms with Crippen LogP contribution in [0.3, 0.4) is 0 Å². The van der Waals surface area contributed by atoms with Gasteiger partial charge in [0.1, 0.15) is 17.4 Å². The zero-order valence-corrected chi connectivity index (χ0v) is 18.2. The lowest BCUT2D eigenvalue weighted by Gasteiger charge is -2.21. The van der Waals surface area contributed by atoms with E-state index in [2.05, 4.69) is 10.3 Å². The van der Waals surface area contributed by atoms with Crippen molar-refractivity contribution >= 4 is 5.91 Å². The molecule has 1 aromatic carbocycles. The first-order valence-electron chi connectivity index (χ1n) is 10.6. The summed E-state index contributed by atoms with van der Waals surface area (Å²) in [5.74, 6) is 0.296. The van der Waals surface area contributed by atoms with Gasteiger partial charge in [0.05, 0.1) is 12.6 Å². The number of nitrogens with one attached hydrogen (secondary N) is 1. The van der Waals surface area contributed by atoms with Crippen molar-refractivity contribution in [1.82, 2.24) is 19.4 Å². The molecule has 2 atom stereocenters. The van der Waals surface area contributed by atoms with Gasteiger partial charge in [0, 0.05) is 31.7 Å². The van der Waals surface area contributed by atoms with E-state index in [0.29, 0.717) is 17.9 Å². The van der Waals surface area contributed by atoms with E-state index in [4.69, 9.17) is 4.74 Å². The van der Waals surface area contributed by atoms with Crippen LogP contribution in [0.4, 0.5) is 0 Å². The highest BCUT2D eigenvalue weighted by atomic mass is 16.5. The number of benzene rings is 1. The van der Waals surface area contributed by atoms with Crippen LogP contribution in [0.15, 0.2) is 53.6 Å². The summed E-state index contributed by atoms with van der Waals surface area (Å²) in [7, 11) is 1.89. The molecule has 0 radical (unpaired) electrons. The number of carbonyl (C=O) groups is 1. The molecule has 7 heteroatoms. The Morgan fingerprint density at radius 1 is 1.29 bits per heavy atom. The molecule has 4 rings (SSSR count). The number of aryl methyl sites for hydroxylation is 3. The zero-order chi connectivity index (χ0) is 22.0. The maximum Gasteiger partial charge on any atom is 0.263 e. The highest BCUT2D eigenvalue weighted by Gasteiger charge is 2.26. The lowest BCUT2D eigenvalue weighted by Crippen LogP contribution is -2.39. The van der Waals surface area contributed by atoms with Gasteiger partial charge >= 0.3 is 0 Å². The van der Waals surface area contributed by atoms with Crippen LogP contribution < -0.4 is 10.9 Å². The van der Waals surface area contributed by atoms with Gasteiger partial charge in [0.15, 0.2) is 0 Å². The molecule has 0 aliphatic carbocycles. The number of imidazole rings is 1. The Morgan fingerprint density at radius 3 is 2.71 bits per heavy atom. The minimum absolute atomic E-state index is 0.0136. The molecule has 0 spiro atoms. The van der Waals surface area contributed by atoms with Crippen molar-refractivity contribution in [3.8, 4) is 0 Å². The summed E-state index contributed by atoms with van der Waals surface area (Å²) >= 11 is 0. The van der Waals surface area contributed by atoms with Gasteiger partial charge in [-0.15, -0.1) is 0 Å². The fourth-order valence-electron chi connectivity index (χ4n) is 4.22. The molecule has 0 bridgehead atoms. The van der Waals surface area contributed by atoms with Gasteiger partial charge in [0.25, 0.3) is 11.5 Å². The molecule has 2 aromatic heterocycles. The predicted octanol–water partition coefficient (Wildman–Crippen LogP) is 2.90. The van der Waals surface area contributed by atoms with Crippen LogP contribution in [0.1, 0.15) is 51.9 Å². The van der Waals surface area contributed by atoms with E-state index < -0.39 is 11.9 Å². The first-order chi connectivity index (χ1) is 15.0. The van der Waals surface area contributed by atoms with E-state index in [0.717, 1.165) is 30.7 Å². The Hall–Kier alpha value is -3.19. The van der Waals surface area contributed by atoms with Gasteiger partial charge in [-0.05, 0) is 43.9 Å². The Morgan fingerprint density at radius 2 is 2.06 bits per heavy atom. The molecular formula is C24H28N4O3. The smallest absolute Gasteiger partial charge is 0.263 e. The molecule has 0 saturated carbocycles. The van der Waals surface area contributed by atoms with E-state index in [1.165, 1.54) is 0 Å². The number of amides is 1. The van der Waals surface area contributed by atoms with Crippen molar-refractivity contribution in [2.45, 2.75) is 45.4 Å². The molecule has 3 heterocycles. The minimum atomic E-state index is -0.472. The molecule has 1 amide bonds. The maximum absolute atomic E-state index is 13.4. The summed E-state index contributed by atoms with van der Waals surface area (Å²) in [6.45, 7) is 4.89. The summed E-state index contributed by atoms with van der Waals surface area (Å²) in [6, 6.07) is 11.1. The second-order valence-corrected chi connectivity index (χ2v) is 8.11. The third-order valence-electron chi connectivity index (χ3n) is 5.87. The van der Waals surface area contributed by atoms with Crippen LogP contribution in [0.25, 0.3) is 0 Å². The number of hydrogen-bond acceptors (Lipinski definition) is 4. The summed E-state index contributed by atoms with van der Waals surface area (Å²) in [5, 5.41) is 3.05. The van der Waals surface area contributed by atoms with Crippen molar-refractivity contribution in [3.05, 3.63) is 87.4 Å². The van der Waals surface area contributed by atoms with Crippen LogP contribution in [0.2, 0.25) is 0 Å². The molecule has 1 aliphatic rings. The van der Waals surface area contributed by atoms with Crippen LogP contribution in [0.5, 0.6) is 0 Å². The Bertz CT molecular complexity index is 1130. The highest BCUT2D eigenvalue weighted by molar-refractivity contribution is 5.95. The van der Waals surface area contributed by atoms with Gasteiger partial charge in [0.2, 0.25) is 0 Å². The topological polar surface area (TPSA) is 78.2 Å². The maximum atomic E-state index is 13.4. The first-order valence-corrected chi connectivity index (χ1v) is 10.6. The number of carbonyl (C=O) groups excluding carboxylic acids is 1. The van der Waals surface area contributed by atoms with Gasteiger partial charge in [-0.1, -0.05) is 30.3 Å². The highest BCUT2D eigenvalue weighted by Crippen LogP contribution is 2.21. The Labute approximate surface area is 181 Å². The number of pyridine rings is 1. The summed E-state index contributed by atoms with van der Waals surface area (Å²) < 4.78 is 9.24. The second kappa shape index (κ2) is 8.89. The largest absolute Gasteiger partial charge is 0.376 e. The molecular weight excluding hydrogens is 392 g/mol. The molecule has 7 nitrogen and oxygen atoms in total. The van der Waals surface area contributed by atoms with Gasteiger partial charge in [-0.25, -0.2) is 4.98 Å². The predicted molar refractivity (Wildman–Crippen MR) is 118 cm³/mol. The quantitative estimate of drug-likeness (QED) is 0.665. The third kappa shape index (κ3) is 4.32. The number of ether oxygens (including phenoxy) is 1. The van der Waals surface area contributed by atoms with Crippen molar-refractivity contribution < 1.29 is 9.53 Å². The second-order valence-electron chi connectivity index (χ2n) is 8.11. The number of nitrogens with zero attached hydrogens (tertiary/aromatic N) is 3. The van der Waals surface area contributed by atoms with Gasteiger partial charge in [-0.2, -0.15) is 0 Å². The Balaban J connectivity index is 1.69. The average Bonchev–Trinajstić information content (AvgIpc) is 3.41. The average molecular weight is 421 g/mol. The summed E-state index contributed by atoms with van der Waals surface area (Å²) in [4.78, 5) is 31.2. The fourth-order valence-corrected chi connectivity index (χ4v) is 4.22. The number of hydrogen-bond donors (Lipinski definition) is 1. The van der Waals surface area contributed by atoms with Gasteiger partial charge in [-0.3, -0.25) is 9.59 Å². The van der Waals surface area contributed by atoms with Gasteiger partial charge < -0.3 is 19.2 Å². The number of aromatic nitrogens is 3. The van der Waals surface area contributed by atoms with Crippen LogP contribution in [-0.2, 0) is 18.3 Å². The van der Waals surface area contributed by atoms with E-state index in [9.17, 15) is 9.59 Å². The molecule has 31 heavy (non-hydrogen) atoms. The monoisotopic (exact) mass is 420 g/mol. The molecule has 1 aliphatic heterocycles. The standard InChI is InChI=1S/C24H28N4O3/c1-16-14-17(2)28(15-19-10-7-13-31-19)24(30)20(16)23(29)26-21(18-8-5-4-6-9-18)22-25-11-12-27(22)3/h4-6,8-9,11-12,14,19,21H,7,10,13,15H2,1-3H3,(H,26,29). The lowest BCUT2D eigenvalue weighted by molar-refractivity contribution is 0.0919. The first kappa shape index (κ1) is 21.1. The van der Waals surface area contributed by atoms with Crippen molar-refractivity contribution in [3.63, 3.8) is 0 Å². The van der Waals surface area contributed by atoms with Crippen LogP contribution in [-0.4, -0.2) is 32.7 Å². The molecule has 1 saturated heterocycles. The normalized spacial score (nSPS) is 16.9. The fraction of sp³-hybridized carbons (Fsp3) is 0.375. The van der Waals surface area contributed by atoms with E-state index in [-0.39, 0.29) is 17.2 Å². The molecule has 3 aromatic rings. The van der Waals surface area contributed by atoms with E-state index >= 15 is 0 Å². The molecule has 162 valence electrons. The Kier molecular flexibility index (Phi) is 6.04. The van der Waals surface area contributed by atoms with Crippen LogP contribution in [0, 0.1) is 13.8 Å². The van der Waals surface area contributed by atoms with Crippen molar-refractivity contribution in [2.75, 3.05) is 6.61 Å². The molecule has 2 unspecified atom stereocenters. The summed E-state index contributed by atoms with van der Waals surface area (Å²) in [6.07, 6.45) is 5.47. The van der Waals surface area contributed by atoms with E-state index in [1.807, 2.05) is 61.1 Å². The van der Waals surface area contributed by atoms with Crippen molar-refractivity contribution in [1.29, 1.82) is 0 Å². The zero-order valence-electron chi connectivity index (χ0n) is 18.2. The van der Waals surface area contributed by atoms with Crippen molar-refractivity contribution in [2.24, 2.45) is 7.05 Å². The minimum Gasteiger partial charge on any atom is -0.376 e. The third-order valence-corrected chi connectivity index (χ3v) is 5.87. The SMILES string of the molecule is Cc1cc(C)n(CC2CCCO2)c(=O)c1C(=O)NC(c1ccccc1)c1nccn1C. The lowest BCUT2D eigenvalue weighted by atomic mass is 10.0.